The zero-order chi connectivity index (χ0) is 12.7. The summed E-state index contributed by atoms with van der Waals surface area (Å²) in [4.78, 5) is 4.50. The second kappa shape index (κ2) is 7.49. The molecule has 0 bridgehead atoms. The van der Waals surface area contributed by atoms with Gasteiger partial charge in [-0.2, -0.15) is 0 Å². The Morgan fingerprint density at radius 2 is 2.00 bits per heavy atom. The van der Waals surface area contributed by atoms with Gasteiger partial charge in [-0.05, 0) is 19.4 Å². The molecule has 0 saturated carbocycles. The van der Waals surface area contributed by atoms with Crippen molar-refractivity contribution < 1.29 is 0 Å². The molecule has 0 aliphatic carbocycles. The molecule has 0 spiro atoms. The molecule has 0 amide bonds. The smallest absolute Gasteiger partial charge is 0.110 e. The topological polar surface area (TPSA) is 29.9 Å². The molecule has 1 N–H and O–H groups in total. The third-order valence-electron chi connectivity index (χ3n) is 3.66. The minimum Gasteiger partial charge on any atom is -0.335 e. The van der Waals surface area contributed by atoms with Crippen LogP contribution in [0.3, 0.4) is 0 Å². The van der Waals surface area contributed by atoms with E-state index in [1.807, 2.05) is 6.20 Å². The summed E-state index contributed by atoms with van der Waals surface area (Å²) in [5, 5.41) is 3.46. The summed E-state index contributed by atoms with van der Waals surface area (Å²) in [5.41, 5.74) is 0. The molecule has 0 aromatic carbocycles. The van der Waals surface area contributed by atoms with Crippen molar-refractivity contribution in [3.05, 3.63) is 18.2 Å². The standard InChI is InChI=1S/C14H27N3/c1-5-9-17-10-8-16-14(17)11-13(15-4)12(6-2)7-3/h8,10,12-13,15H,5-7,9,11H2,1-4H3. The molecule has 1 aromatic rings. The van der Waals surface area contributed by atoms with Gasteiger partial charge in [-0.15, -0.1) is 0 Å². The molecule has 98 valence electrons. The first-order chi connectivity index (χ1) is 8.26. The predicted octanol–water partition coefficient (Wildman–Crippen LogP) is 2.86. The lowest BCUT2D eigenvalue weighted by Gasteiger charge is -2.24. The van der Waals surface area contributed by atoms with E-state index in [9.17, 15) is 0 Å². The molecule has 1 aromatic heterocycles. The molecular weight excluding hydrogens is 210 g/mol. The van der Waals surface area contributed by atoms with E-state index in [0.717, 1.165) is 18.9 Å². The number of imidazole rings is 1. The SMILES string of the molecule is CCCn1ccnc1CC(NC)C(CC)CC. The van der Waals surface area contributed by atoms with E-state index >= 15 is 0 Å². The Kier molecular flexibility index (Phi) is 6.27. The van der Waals surface area contributed by atoms with E-state index < -0.39 is 0 Å². The summed E-state index contributed by atoms with van der Waals surface area (Å²) < 4.78 is 2.28. The molecule has 1 unspecified atom stereocenters. The third kappa shape index (κ3) is 3.84. The highest BCUT2D eigenvalue weighted by molar-refractivity contribution is 4.96. The van der Waals surface area contributed by atoms with Gasteiger partial charge in [0.05, 0.1) is 0 Å². The number of nitrogens with one attached hydrogen (secondary N) is 1. The molecule has 3 nitrogen and oxygen atoms in total. The first kappa shape index (κ1) is 14.2. The first-order valence-electron chi connectivity index (χ1n) is 6.93. The third-order valence-corrected chi connectivity index (χ3v) is 3.66. The molecule has 0 aliphatic heterocycles. The molecule has 1 heterocycles. The van der Waals surface area contributed by atoms with E-state index in [2.05, 4.69) is 48.9 Å². The lowest BCUT2D eigenvalue weighted by atomic mass is 9.92. The number of aromatic nitrogens is 2. The number of nitrogens with zero attached hydrogens (tertiary/aromatic N) is 2. The molecule has 0 saturated heterocycles. The summed E-state index contributed by atoms with van der Waals surface area (Å²) in [6, 6.07) is 0.544. The monoisotopic (exact) mass is 237 g/mol. The second-order valence-corrected chi connectivity index (χ2v) is 4.71. The van der Waals surface area contributed by atoms with Crippen molar-refractivity contribution in [3.8, 4) is 0 Å². The highest BCUT2D eigenvalue weighted by atomic mass is 15.1. The lowest BCUT2D eigenvalue weighted by molar-refractivity contribution is 0.341. The van der Waals surface area contributed by atoms with Crippen LogP contribution in [0.5, 0.6) is 0 Å². The highest BCUT2D eigenvalue weighted by Gasteiger charge is 2.18. The normalized spacial score (nSPS) is 13.2. The fraction of sp³-hybridized carbons (Fsp3) is 0.786. The van der Waals surface area contributed by atoms with Gasteiger partial charge in [0.2, 0.25) is 0 Å². The van der Waals surface area contributed by atoms with Crippen LogP contribution in [0, 0.1) is 5.92 Å². The highest BCUT2D eigenvalue weighted by Crippen LogP contribution is 2.16. The molecule has 0 aliphatic rings. The largest absolute Gasteiger partial charge is 0.335 e. The zero-order valence-electron chi connectivity index (χ0n) is 11.7. The first-order valence-corrected chi connectivity index (χ1v) is 6.93. The van der Waals surface area contributed by atoms with Crippen molar-refractivity contribution in [2.75, 3.05) is 7.05 Å². The number of hydrogen-bond donors (Lipinski definition) is 1. The Balaban J connectivity index is 2.69. The number of likely N-dealkylation sites (N-methyl/N-ethyl adjacent to an activating group) is 1. The fourth-order valence-corrected chi connectivity index (χ4v) is 2.53. The molecule has 0 radical (unpaired) electrons. The van der Waals surface area contributed by atoms with Gasteiger partial charge in [0.1, 0.15) is 5.82 Å². The molecular formula is C14H27N3. The molecule has 3 heteroatoms. The maximum Gasteiger partial charge on any atom is 0.110 e. The van der Waals surface area contributed by atoms with Gasteiger partial charge in [-0.3, -0.25) is 0 Å². The molecule has 0 fully saturated rings. The van der Waals surface area contributed by atoms with Crippen LogP contribution >= 0.6 is 0 Å². The number of rotatable bonds is 8. The van der Waals surface area contributed by atoms with Crippen LogP contribution in [0.25, 0.3) is 0 Å². The number of hydrogen-bond acceptors (Lipinski definition) is 2. The van der Waals surface area contributed by atoms with Gasteiger partial charge < -0.3 is 9.88 Å². The molecule has 1 rings (SSSR count). The fourth-order valence-electron chi connectivity index (χ4n) is 2.53. The summed E-state index contributed by atoms with van der Waals surface area (Å²) in [5.74, 6) is 1.96. The van der Waals surface area contributed by atoms with Crippen molar-refractivity contribution >= 4 is 0 Å². The zero-order valence-corrected chi connectivity index (χ0v) is 11.7. The van der Waals surface area contributed by atoms with Crippen molar-refractivity contribution in [3.63, 3.8) is 0 Å². The van der Waals surface area contributed by atoms with Crippen LogP contribution in [0.2, 0.25) is 0 Å². The van der Waals surface area contributed by atoms with Crippen molar-refractivity contribution in [2.45, 2.75) is 59.0 Å². The Morgan fingerprint density at radius 1 is 1.29 bits per heavy atom. The summed E-state index contributed by atoms with van der Waals surface area (Å²) >= 11 is 0. The summed E-state index contributed by atoms with van der Waals surface area (Å²) in [6.45, 7) is 7.84. The average molecular weight is 237 g/mol. The van der Waals surface area contributed by atoms with Crippen molar-refractivity contribution in [2.24, 2.45) is 5.92 Å². The lowest BCUT2D eigenvalue weighted by Crippen LogP contribution is -2.36. The van der Waals surface area contributed by atoms with Crippen LogP contribution in [0.4, 0.5) is 0 Å². The van der Waals surface area contributed by atoms with Crippen molar-refractivity contribution in [1.29, 1.82) is 0 Å². The van der Waals surface area contributed by atoms with E-state index in [0.29, 0.717) is 6.04 Å². The van der Waals surface area contributed by atoms with E-state index in [4.69, 9.17) is 0 Å². The number of aryl methyl sites for hydroxylation is 1. The van der Waals surface area contributed by atoms with Crippen LogP contribution in [0.1, 0.15) is 45.9 Å². The minimum absolute atomic E-state index is 0.544. The van der Waals surface area contributed by atoms with Crippen LogP contribution in [-0.2, 0) is 13.0 Å². The second-order valence-electron chi connectivity index (χ2n) is 4.71. The average Bonchev–Trinajstić information content (AvgIpc) is 2.77. The van der Waals surface area contributed by atoms with Gasteiger partial charge in [0.15, 0.2) is 0 Å². The van der Waals surface area contributed by atoms with E-state index in [-0.39, 0.29) is 0 Å². The summed E-state index contributed by atoms with van der Waals surface area (Å²) in [7, 11) is 2.07. The Labute approximate surface area is 106 Å². The summed E-state index contributed by atoms with van der Waals surface area (Å²) in [6.07, 6.45) is 8.68. The van der Waals surface area contributed by atoms with E-state index in [1.165, 1.54) is 25.1 Å². The van der Waals surface area contributed by atoms with Crippen molar-refractivity contribution in [1.82, 2.24) is 14.9 Å². The Hall–Kier alpha value is -0.830. The quantitative estimate of drug-likeness (QED) is 0.753. The van der Waals surface area contributed by atoms with Crippen LogP contribution in [-0.4, -0.2) is 22.6 Å². The molecule has 1 atom stereocenters. The maximum absolute atomic E-state index is 4.50. The van der Waals surface area contributed by atoms with Gasteiger partial charge in [-0.1, -0.05) is 33.6 Å². The predicted molar refractivity (Wildman–Crippen MR) is 73.1 cm³/mol. The van der Waals surface area contributed by atoms with Gasteiger partial charge in [0.25, 0.3) is 0 Å². The minimum atomic E-state index is 0.544. The van der Waals surface area contributed by atoms with Gasteiger partial charge in [-0.25, -0.2) is 4.98 Å². The van der Waals surface area contributed by atoms with E-state index in [1.54, 1.807) is 0 Å². The Bertz CT molecular complexity index is 302. The Morgan fingerprint density at radius 3 is 2.53 bits per heavy atom. The van der Waals surface area contributed by atoms with Gasteiger partial charge in [0, 0.05) is 31.4 Å². The molecule has 17 heavy (non-hydrogen) atoms. The van der Waals surface area contributed by atoms with Gasteiger partial charge >= 0.3 is 0 Å². The maximum atomic E-state index is 4.50. The van der Waals surface area contributed by atoms with Crippen LogP contribution < -0.4 is 5.32 Å². The van der Waals surface area contributed by atoms with Crippen LogP contribution in [0.15, 0.2) is 12.4 Å².